The van der Waals surface area contributed by atoms with E-state index in [4.69, 9.17) is 10.5 Å². The van der Waals surface area contributed by atoms with Crippen molar-refractivity contribution in [1.29, 1.82) is 0 Å². The standard InChI is InChI=1S/C19H19N3O3/c1-12-10-13(25-11-18(20)23)6-7-16(12)21-19(24)15-4-3-5-17-14(15)8-9-22(17)2/h3-10H,11H2,1-2H3,(H2,20,23)(H,21,24). The van der Waals surface area contributed by atoms with E-state index in [1.165, 1.54) is 0 Å². The number of hydrogen-bond acceptors (Lipinski definition) is 3. The molecule has 0 bridgehead atoms. The van der Waals surface area contributed by atoms with Gasteiger partial charge in [0.05, 0.1) is 0 Å². The van der Waals surface area contributed by atoms with Crippen LogP contribution in [0.3, 0.4) is 0 Å². The lowest BCUT2D eigenvalue weighted by Gasteiger charge is -2.11. The van der Waals surface area contributed by atoms with Crippen LogP contribution in [-0.2, 0) is 11.8 Å². The van der Waals surface area contributed by atoms with E-state index in [1.54, 1.807) is 24.3 Å². The van der Waals surface area contributed by atoms with E-state index in [9.17, 15) is 9.59 Å². The van der Waals surface area contributed by atoms with Gasteiger partial charge in [0.2, 0.25) is 0 Å². The van der Waals surface area contributed by atoms with Gasteiger partial charge in [-0.3, -0.25) is 9.59 Å². The number of fused-ring (bicyclic) bond motifs is 1. The van der Waals surface area contributed by atoms with E-state index in [0.29, 0.717) is 17.0 Å². The number of primary amides is 1. The van der Waals surface area contributed by atoms with Gasteiger partial charge in [0.1, 0.15) is 5.75 Å². The molecular weight excluding hydrogens is 318 g/mol. The van der Waals surface area contributed by atoms with Gasteiger partial charge in [0.15, 0.2) is 6.61 Å². The number of carbonyl (C=O) groups excluding carboxylic acids is 2. The first-order valence-corrected chi connectivity index (χ1v) is 7.83. The highest BCUT2D eigenvalue weighted by atomic mass is 16.5. The Hall–Kier alpha value is -3.28. The van der Waals surface area contributed by atoms with E-state index in [-0.39, 0.29) is 12.5 Å². The quantitative estimate of drug-likeness (QED) is 0.750. The number of nitrogens with two attached hydrogens (primary N) is 1. The molecule has 0 fully saturated rings. The van der Waals surface area contributed by atoms with Crippen LogP contribution in [0, 0.1) is 6.92 Å². The highest BCUT2D eigenvalue weighted by molar-refractivity contribution is 6.12. The smallest absolute Gasteiger partial charge is 0.256 e. The third-order valence-electron chi connectivity index (χ3n) is 4.00. The van der Waals surface area contributed by atoms with Gasteiger partial charge < -0.3 is 20.4 Å². The molecule has 0 radical (unpaired) electrons. The predicted octanol–water partition coefficient (Wildman–Crippen LogP) is 2.60. The van der Waals surface area contributed by atoms with E-state index < -0.39 is 5.91 Å². The molecule has 1 aromatic heterocycles. The molecule has 6 heteroatoms. The van der Waals surface area contributed by atoms with E-state index in [1.807, 2.05) is 42.9 Å². The minimum absolute atomic E-state index is 0.175. The maximum atomic E-state index is 12.7. The normalized spacial score (nSPS) is 10.6. The molecule has 2 amide bonds. The summed E-state index contributed by atoms with van der Waals surface area (Å²) in [5, 5.41) is 3.83. The molecule has 128 valence electrons. The van der Waals surface area contributed by atoms with Crippen molar-refractivity contribution < 1.29 is 14.3 Å². The Kier molecular flexibility index (Phi) is 4.43. The Labute approximate surface area is 145 Å². The van der Waals surface area contributed by atoms with Crippen molar-refractivity contribution in [2.45, 2.75) is 6.92 Å². The molecule has 3 aromatic rings. The number of aromatic nitrogens is 1. The lowest BCUT2D eigenvalue weighted by molar-refractivity contribution is -0.119. The van der Waals surface area contributed by atoms with Gasteiger partial charge in [-0.15, -0.1) is 0 Å². The van der Waals surface area contributed by atoms with Crippen LogP contribution in [0.1, 0.15) is 15.9 Å². The van der Waals surface area contributed by atoms with E-state index >= 15 is 0 Å². The molecule has 0 aliphatic heterocycles. The van der Waals surface area contributed by atoms with Gasteiger partial charge in [-0.2, -0.15) is 0 Å². The highest BCUT2D eigenvalue weighted by Crippen LogP contribution is 2.24. The molecule has 0 aliphatic carbocycles. The lowest BCUT2D eigenvalue weighted by atomic mass is 10.1. The summed E-state index contributed by atoms with van der Waals surface area (Å²) in [5.74, 6) is -0.184. The molecule has 3 rings (SSSR count). The molecule has 0 aliphatic rings. The topological polar surface area (TPSA) is 86.3 Å². The van der Waals surface area contributed by atoms with Crippen LogP contribution in [0.2, 0.25) is 0 Å². The first-order valence-electron chi connectivity index (χ1n) is 7.83. The number of hydrogen-bond donors (Lipinski definition) is 2. The highest BCUT2D eigenvalue weighted by Gasteiger charge is 2.13. The Balaban J connectivity index is 1.81. The average molecular weight is 337 g/mol. The number of benzene rings is 2. The minimum Gasteiger partial charge on any atom is -0.484 e. The number of nitrogens with zero attached hydrogens (tertiary/aromatic N) is 1. The van der Waals surface area contributed by atoms with Crippen molar-refractivity contribution in [2.24, 2.45) is 12.8 Å². The van der Waals surface area contributed by atoms with Gasteiger partial charge in [0, 0.05) is 35.4 Å². The largest absolute Gasteiger partial charge is 0.484 e. The fourth-order valence-electron chi connectivity index (χ4n) is 2.71. The zero-order valence-electron chi connectivity index (χ0n) is 14.1. The van der Waals surface area contributed by atoms with Crippen LogP contribution >= 0.6 is 0 Å². The minimum atomic E-state index is -0.536. The molecule has 0 spiro atoms. The van der Waals surface area contributed by atoms with Gasteiger partial charge in [0.25, 0.3) is 11.8 Å². The summed E-state index contributed by atoms with van der Waals surface area (Å²) < 4.78 is 7.24. The second-order valence-corrected chi connectivity index (χ2v) is 5.85. The first kappa shape index (κ1) is 16.6. The van der Waals surface area contributed by atoms with Gasteiger partial charge in [-0.05, 0) is 48.9 Å². The Bertz CT molecular complexity index is 960. The molecule has 1 heterocycles. The van der Waals surface area contributed by atoms with Crippen LogP contribution in [0.15, 0.2) is 48.7 Å². The number of anilines is 1. The summed E-state index contributed by atoms with van der Waals surface area (Å²) >= 11 is 0. The van der Waals surface area contributed by atoms with Crippen LogP contribution < -0.4 is 15.8 Å². The third kappa shape index (κ3) is 3.47. The number of amides is 2. The third-order valence-corrected chi connectivity index (χ3v) is 4.00. The summed E-state index contributed by atoms with van der Waals surface area (Å²) in [4.78, 5) is 23.5. The number of rotatable bonds is 5. The second kappa shape index (κ2) is 6.68. The summed E-state index contributed by atoms with van der Waals surface area (Å²) in [5.41, 5.74) is 8.19. The molecule has 0 saturated heterocycles. The molecule has 25 heavy (non-hydrogen) atoms. The first-order chi connectivity index (χ1) is 12.0. The summed E-state index contributed by atoms with van der Waals surface area (Å²) in [7, 11) is 1.94. The van der Waals surface area contributed by atoms with Crippen LogP contribution in [-0.4, -0.2) is 23.0 Å². The number of aryl methyl sites for hydroxylation is 2. The maximum absolute atomic E-state index is 12.7. The Morgan fingerprint density at radius 1 is 1.20 bits per heavy atom. The predicted molar refractivity (Wildman–Crippen MR) is 96.7 cm³/mol. The fraction of sp³-hybridized carbons (Fsp3) is 0.158. The zero-order chi connectivity index (χ0) is 18.0. The van der Waals surface area contributed by atoms with E-state index in [2.05, 4.69) is 5.32 Å². The Morgan fingerprint density at radius 3 is 2.72 bits per heavy atom. The van der Waals surface area contributed by atoms with Crippen molar-refractivity contribution >= 4 is 28.4 Å². The van der Waals surface area contributed by atoms with Gasteiger partial charge in [-0.1, -0.05) is 6.07 Å². The van der Waals surface area contributed by atoms with Crippen molar-refractivity contribution in [3.63, 3.8) is 0 Å². The average Bonchev–Trinajstić information content (AvgIpc) is 2.96. The number of ether oxygens (including phenoxy) is 1. The molecular formula is C19H19N3O3. The molecule has 0 saturated carbocycles. The molecule has 0 unspecified atom stereocenters. The second-order valence-electron chi connectivity index (χ2n) is 5.85. The summed E-state index contributed by atoms with van der Waals surface area (Å²) in [6, 6.07) is 12.8. The van der Waals surface area contributed by atoms with E-state index in [0.717, 1.165) is 16.5 Å². The molecule has 0 atom stereocenters. The van der Waals surface area contributed by atoms with Gasteiger partial charge in [-0.25, -0.2) is 0 Å². The number of nitrogens with one attached hydrogen (secondary N) is 1. The van der Waals surface area contributed by atoms with Crippen molar-refractivity contribution in [3.8, 4) is 5.75 Å². The monoisotopic (exact) mass is 337 g/mol. The Morgan fingerprint density at radius 2 is 2.00 bits per heavy atom. The van der Waals surface area contributed by atoms with Crippen LogP contribution in [0.25, 0.3) is 10.9 Å². The SMILES string of the molecule is Cc1cc(OCC(N)=O)ccc1NC(=O)c1cccc2c1ccn2C. The summed E-state index contributed by atoms with van der Waals surface area (Å²) in [6.45, 7) is 1.68. The fourth-order valence-corrected chi connectivity index (χ4v) is 2.71. The zero-order valence-corrected chi connectivity index (χ0v) is 14.1. The van der Waals surface area contributed by atoms with Crippen LogP contribution in [0.5, 0.6) is 5.75 Å². The van der Waals surface area contributed by atoms with Crippen molar-refractivity contribution in [3.05, 3.63) is 59.8 Å². The molecule has 6 nitrogen and oxygen atoms in total. The molecule has 2 aromatic carbocycles. The molecule has 3 N–H and O–H groups in total. The summed E-state index contributed by atoms with van der Waals surface area (Å²) in [6.07, 6.45) is 1.93. The van der Waals surface area contributed by atoms with Crippen LogP contribution in [0.4, 0.5) is 5.69 Å². The number of carbonyl (C=O) groups is 2. The van der Waals surface area contributed by atoms with Crippen molar-refractivity contribution in [2.75, 3.05) is 11.9 Å². The van der Waals surface area contributed by atoms with Gasteiger partial charge >= 0.3 is 0 Å². The lowest BCUT2D eigenvalue weighted by Crippen LogP contribution is -2.20. The van der Waals surface area contributed by atoms with Crippen molar-refractivity contribution in [1.82, 2.24) is 4.57 Å². The maximum Gasteiger partial charge on any atom is 0.256 e.